The number of aliphatic imine (C=N–C) groups is 1. The Hall–Kier alpha value is -3.10. The fourth-order valence-electron chi connectivity index (χ4n) is 2.84. The van der Waals surface area contributed by atoms with E-state index in [1.807, 2.05) is 0 Å². The predicted molar refractivity (Wildman–Crippen MR) is 114 cm³/mol. The number of hydrogen-bond donors (Lipinski definition) is 1. The van der Waals surface area contributed by atoms with Crippen LogP contribution in [0, 0.1) is 0 Å². The predicted octanol–water partition coefficient (Wildman–Crippen LogP) is 5.37. The Morgan fingerprint density at radius 2 is 1.80 bits per heavy atom. The summed E-state index contributed by atoms with van der Waals surface area (Å²) in [5.74, 6) is 0.944. The number of fused-ring (bicyclic) bond motifs is 1. The Balaban J connectivity index is 1.66. The van der Waals surface area contributed by atoms with Gasteiger partial charge in [0.05, 0.1) is 12.5 Å². The minimum absolute atomic E-state index is 0.0238. The van der Waals surface area contributed by atoms with Crippen LogP contribution in [0.25, 0.3) is 5.76 Å². The van der Waals surface area contributed by atoms with Crippen LogP contribution in [0.4, 0.5) is 0 Å². The SMILES string of the molecule is CN=C(SCc1cc2c(cc1Cl)OCO2)/C(C(=O)c1ccco1)=C(\O)c1ccco1. The van der Waals surface area contributed by atoms with Crippen molar-refractivity contribution in [1.82, 2.24) is 0 Å². The summed E-state index contributed by atoms with van der Waals surface area (Å²) >= 11 is 7.60. The van der Waals surface area contributed by atoms with Gasteiger partial charge in [-0.2, -0.15) is 0 Å². The molecule has 0 aliphatic carbocycles. The molecular formula is C21H16ClNO6S. The number of carbonyl (C=O) groups excluding carboxylic acids is 1. The first-order valence-electron chi connectivity index (χ1n) is 8.81. The average Bonchev–Trinajstić information content (AvgIpc) is 3.52. The second kappa shape index (κ2) is 8.73. The number of thioether (sulfide) groups is 1. The Kier molecular flexibility index (Phi) is 5.87. The molecule has 1 aliphatic rings. The van der Waals surface area contributed by atoms with Crippen molar-refractivity contribution in [3.8, 4) is 11.5 Å². The minimum Gasteiger partial charge on any atom is -0.504 e. The van der Waals surface area contributed by atoms with Gasteiger partial charge in [0, 0.05) is 23.9 Å². The van der Waals surface area contributed by atoms with Gasteiger partial charge in [0.1, 0.15) is 10.6 Å². The third-order valence-electron chi connectivity index (χ3n) is 4.29. The van der Waals surface area contributed by atoms with Crippen molar-refractivity contribution in [2.24, 2.45) is 4.99 Å². The minimum atomic E-state index is -0.515. The van der Waals surface area contributed by atoms with Crippen molar-refractivity contribution < 1.29 is 28.2 Å². The molecule has 154 valence electrons. The van der Waals surface area contributed by atoms with Gasteiger partial charge >= 0.3 is 0 Å². The van der Waals surface area contributed by atoms with E-state index in [0.29, 0.717) is 27.3 Å². The third kappa shape index (κ3) is 3.96. The molecule has 1 aromatic carbocycles. The van der Waals surface area contributed by atoms with E-state index >= 15 is 0 Å². The number of carbonyl (C=O) groups is 1. The largest absolute Gasteiger partial charge is 0.504 e. The lowest BCUT2D eigenvalue weighted by molar-refractivity contribution is 0.101. The summed E-state index contributed by atoms with van der Waals surface area (Å²) < 4.78 is 21.2. The zero-order valence-corrected chi connectivity index (χ0v) is 17.3. The van der Waals surface area contributed by atoms with Crippen molar-refractivity contribution in [2.75, 3.05) is 13.8 Å². The molecular weight excluding hydrogens is 430 g/mol. The summed E-state index contributed by atoms with van der Waals surface area (Å²) in [5.41, 5.74) is 0.749. The number of aliphatic hydroxyl groups is 1. The summed E-state index contributed by atoms with van der Waals surface area (Å²) in [5, 5.41) is 11.6. The van der Waals surface area contributed by atoms with Crippen LogP contribution in [0.15, 0.2) is 68.3 Å². The quantitative estimate of drug-likeness (QED) is 0.179. The van der Waals surface area contributed by atoms with Crippen molar-refractivity contribution in [2.45, 2.75) is 5.75 Å². The monoisotopic (exact) mass is 445 g/mol. The highest BCUT2D eigenvalue weighted by Gasteiger charge is 2.27. The van der Waals surface area contributed by atoms with E-state index in [0.717, 1.165) is 5.56 Å². The molecule has 2 aromatic heterocycles. The maximum Gasteiger partial charge on any atom is 0.234 e. The van der Waals surface area contributed by atoms with Crippen LogP contribution < -0.4 is 9.47 Å². The lowest BCUT2D eigenvalue weighted by Gasteiger charge is -2.12. The third-order valence-corrected chi connectivity index (χ3v) is 5.75. The second-order valence-electron chi connectivity index (χ2n) is 6.12. The molecule has 0 saturated carbocycles. The first-order chi connectivity index (χ1) is 14.6. The van der Waals surface area contributed by atoms with Crippen LogP contribution in [0.2, 0.25) is 5.02 Å². The molecule has 0 atom stereocenters. The number of ketones is 1. The number of benzene rings is 1. The average molecular weight is 446 g/mol. The fraction of sp³-hybridized carbons (Fsp3) is 0.143. The Labute approximate surface area is 180 Å². The standard InChI is InChI=1S/C21H16ClNO6S/c1-23-21(30-10-12-8-16-17(9-13(12)22)29-11-28-16)18(19(24)14-4-2-6-26-14)20(25)15-5-3-7-27-15/h2-9,24H,10-11H2,1H3/b19-18-,23-21?. The van der Waals surface area contributed by atoms with E-state index < -0.39 is 5.78 Å². The number of rotatable bonds is 6. The second-order valence-corrected chi connectivity index (χ2v) is 7.49. The number of halogens is 1. The van der Waals surface area contributed by atoms with Crippen LogP contribution in [-0.2, 0) is 5.75 Å². The molecule has 0 saturated heterocycles. The van der Waals surface area contributed by atoms with E-state index in [1.165, 1.54) is 37.4 Å². The molecule has 4 rings (SSSR count). The number of hydrogen-bond acceptors (Lipinski definition) is 8. The Bertz CT molecular complexity index is 1120. The molecule has 0 unspecified atom stereocenters. The maximum atomic E-state index is 13.1. The Morgan fingerprint density at radius 3 is 2.43 bits per heavy atom. The molecule has 30 heavy (non-hydrogen) atoms. The summed E-state index contributed by atoms with van der Waals surface area (Å²) in [6, 6.07) is 9.75. The lowest BCUT2D eigenvalue weighted by atomic mass is 10.1. The zero-order valence-electron chi connectivity index (χ0n) is 15.8. The fourth-order valence-corrected chi connectivity index (χ4v) is 4.13. The van der Waals surface area contributed by atoms with E-state index in [4.69, 9.17) is 29.9 Å². The van der Waals surface area contributed by atoms with Gasteiger partial charge < -0.3 is 23.4 Å². The summed E-state index contributed by atoms with van der Waals surface area (Å²) in [7, 11) is 1.54. The smallest absolute Gasteiger partial charge is 0.234 e. The van der Waals surface area contributed by atoms with E-state index in [1.54, 1.807) is 30.3 Å². The molecule has 3 heterocycles. The number of nitrogens with zero attached hydrogens (tertiary/aromatic N) is 1. The van der Waals surface area contributed by atoms with Crippen molar-refractivity contribution in [3.05, 3.63) is 76.6 Å². The number of Topliss-reactive ketones (excluding diaryl/α,β-unsaturated/α-hetero) is 1. The van der Waals surface area contributed by atoms with Gasteiger partial charge in [-0.1, -0.05) is 11.6 Å². The first-order valence-corrected chi connectivity index (χ1v) is 10.2. The van der Waals surface area contributed by atoms with Gasteiger partial charge in [0.25, 0.3) is 0 Å². The molecule has 1 aliphatic heterocycles. The molecule has 7 nitrogen and oxygen atoms in total. The highest BCUT2D eigenvalue weighted by atomic mass is 35.5. The zero-order chi connectivity index (χ0) is 21.1. The van der Waals surface area contributed by atoms with Crippen LogP contribution in [-0.4, -0.2) is 29.8 Å². The first kappa shape index (κ1) is 20.2. The molecule has 0 bridgehead atoms. The molecule has 0 amide bonds. The van der Waals surface area contributed by atoms with Crippen LogP contribution in [0.5, 0.6) is 11.5 Å². The van der Waals surface area contributed by atoms with Gasteiger partial charge in [-0.05, 0) is 35.9 Å². The van der Waals surface area contributed by atoms with Crippen molar-refractivity contribution >= 4 is 39.9 Å². The van der Waals surface area contributed by atoms with Gasteiger partial charge in [0.2, 0.25) is 12.6 Å². The van der Waals surface area contributed by atoms with Crippen LogP contribution in [0.1, 0.15) is 21.9 Å². The molecule has 1 N–H and O–H groups in total. The van der Waals surface area contributed by atoms with Gasteiger partial charge in [-0.15, -0.1) is 11.8 Å². The van der Waals surface area contributed by atoms with Gasteiger partial charge in [-0.25, -0.2) is 0 Å². The highest BCUT2D eigenvalue weighted by molar-refractivity contribution is 8.13. The topological polar surface area (TPSA) is 94.4 Å². The molecule has 3 aromatic rings. The van der Waals surface area contributed by atoms with Gasteiger partial charge in [0.15, 0.2) is 28.8 Å². The van der Waals surface area contributed by atoms with E-state index in [2.05, 4.69) is 4.99 Å². The lowest BCUT2D eigenvalue weighted by Crippen LogP contribution is -2.13. The van der Waals surface area contributed by atoms with Gasteiger partial charge in [-0.3, -0.25) is 9.79 Å². The molecule has 0 radical (unpaired) electrons. The summed E-state index contributed by atoms with van der Waals surface area (Å²) in [6.45, 7) is 0.144. The van der Waals surface area contributed by atoms with E-state index in [9.17, 15) is 9.90 Å². The highest BCUT2D eigenvalue weighted by Crippen LogP contribution is 2.38. The van der Waals surface area contributed by atoms with Crippen molar-refractivity contribution in [1.29, 1.82) is 0 Å². The maximum absolute atomic E-state index is 13.1. The molecule has 0 fully saturated rings. The summed E-state index contributed by atoms with van der Waals surface area (Å²) in [6.07, 6.45) is 2.79. The molecule has 0 spiro atoms. The van der Waals surface area contributed by atoms with Crippen LogP contribution >= 0.6 is 23.4 Å². The van der Waals surface area contributed by atoms with Crippen molar-refractivity contribution in [3.63, 3.8) is 0 Å². The Morgan fingerprint density at radius 1 is 1.13 bits per heavy atom. The molecule has 9 heteroatoms. The van der Waals surface area contributed by atoms with Crippen LogP contribution in [0.3, 0.4) is 0 Å². The van der Waals surface area contributed by atoms with E-state index in [-0.39, 0.29) is 29.6 Å². The number of aliphatic hydroxyl groups excluding tert-OH is 1. The number of furan rings is 2. The summed E-state index contributed by atoms with van der Waals surface area (Å²) in [4.78, 5) is 17.3. The number of ether oxygens (including phenoxy) is 2. The normalized spacial score (nSPS) is 14.0.